The summed E-state index contributed by atoms with van der Waals surface area (Å²) in [6.07, 6.45) is 24.1. The second-order valence-electron chi connectivity index (χ2n) is 24.9. The molecule has 2 fully saturated rings. The van der Waals surface area contributed by atoms with Crippen LogP contribution in [0.25, 0.3) is 33.4 Å². The van der Waals surface area contributed by atoms with Crippen molar-refractivity contribution in [2.24, 2.45) is 0 Å². The number of aryl methyl sites for hydroxylation is 3. The van der Waals surface area contributed by atoms with Crippen molar-refractivity contribution < 1.29 is 24.2 Å². The molecule has 4 aliphatic heterocycles. The highest BCUT2D eigenvalue weighted by atomic mass is 16.5. The number of nitrogens with zero attached hydrogens (tertiary/aromatic N) is 16. The van der Waals surface area contributed by atoms with Crippen LogP contribution in [0.3, 0.4) is 0 Å². The summed E-state index contributed by atoms with van der Waals surface area (Å²) in [5, 5.41) is 16.3. The number of ether oxygens (including phenoxy) is 1. The minimum atomic E-state index is -0.676. The molecule has 0 radical (unpaired) electrons. The third-order valence-electron chi connectivity index (χ3n) is 17.2. The van der Waals surface area contributed by atoms with Crippen LogP contribution in [0, 0.1) is 20.8 Å². The summed E-state index contributed by atoms with van der Waals surface area (Å²) >= 11 is 0. The minimum absolute atomic E-state index is 0.0114. The number of benzene rings is 3. The fourth-order valence-electron chi connectivity index (χ4n) is 11.6. The van der Waals surface area contributed by atoms with Gasteiger partial charge >= 0.3 is 0 Å². The summed E-state index contributed by atoms with van der Waals surface area (Å²) in [5.74, 6) is 5.58. The van der Waals surface area contributed by atoms with Gasteiger partial charge in [-0.1, -0.05) is 36.4 Å². The number of fused-ring (bicyclic) bond motifs is 3. The third kappa shape index (κ3) is 12.2. The second kappa shape index (κ2) is 24.7. The SMILES string of the molecule is COCCNc1cncc(N2C(=O)C(C)(C)c3ccc(-c4cnc(C)nc4)cc32)n1.Cc1ncc(-c2ccc3c(c2)N(c2cncc(N4CCC(O)CC4)n2)C(=O)C3(C)C)cn1.Cc1ncc(-c2ccc3c(c2)N(c2cncc(NC4CC4)n2)C(=O)C3(C)C)cn1. The number of anilines is 9. The number of aromatic nitrogens is 12. The summed E-state index contributed by atoms with van der Waals surface area (Å²) in [6, 6.07) is 18.5. The standard InChI is InChI=1S/C24H26N6O2.C22H24N6O2.C22H22N6O/c1-15-26-11-17(12-27-15)16-4-5-19-20(10-16)30(23(32)24(19,2)3)22-14-25-13-21(28-22)29-8-6-18(31)7-9-29;1-14-25-10-16(11-26-14)15-5-6-17-18(9-15)28(21(29)22(17,2)3)20-13-23-12-19(27-20)24-7-8-30-4;1-13-24-9-15(10-25-13)14-4-7-17-18(8-14)28(21(29)22(17,2)3)20-12-23-11-19(27-20)26-16-5-6-16/h4-5,10-14,18,31H,6-9H2,1-3H3;5-6,9-13H,7-8H2,1-4H3,(H,24,27);4,7-12,16H,5-6H2,1-3H3,(H,26,27). The van der Waals surface area contributed by atoms with Crippen molar-refractivity contribution in [2.75, 3.05) is 63.6 Å². The van der Waals surface area contributed by atoms with Crippen molar-refractivity contribution in [2.45, 2.75) is 116 Å². The Balaban J connectivity index is 0.000000132. The molecule has 1 saturated carbocycles. The first-order valence-electron chi connectivity index (χ1n) is 30.4. The van der Waals surface area contributed by atoms with Crippen molar-refractivity contribution in [1.29, 1.82) is 0 Å². The number of aliphatic hydroxyl groups excluding tert-OH is 1. The number of rotatable bonds is 13. The van der Waals surface area contributed by atoms with Gasteiger partial charge in [0.1, 0.15) is 34.9 Å². The molecule has 1 saturated heterocycles. The molecule has 3 amide bonds. The Bertz CT molecular complexity index is 4210. The maximum absolute atomic E-state index is 13.5. The van der Waals surface area contributed by atoms with E-state index in [9.17, 15) is 19.5 Å². The van der Waals surface area contributed by atoms with Crippen molar-refractivity contribution >= 4 is 69.7 Å². The van der Waals surface area contributed by atoms with Crippen LogP contribution >= 0.6 is 0 Å². The van der Waals surface area contributed by atoms with Crippen molar-refractivity contribution in [3.8, 4) is 33.4 Å². The lowest BCUT2D eigenvalue weighted by atomic mass is 9.85. The number of methoxy groups -OCH3 is 1. The predicted octanol–water partition coefficient (Wildman–Crippen LogP) is 10.2. The summed E-state index contributed by atoms with van der Waals surface area (Å²) in [6.45, 7) is 19.8. The topological polar surface area (TPSA) is 272 Å². The Morgan fingerprint density at radius 1 is 0.473 bits per heavy atom. The molecular weight excluding hydrogens is 1150 g/mol. The van der Waals surface area contributed by atoms with Crippen LogP contribution in [0.15, 0.2) is 129 Å². The van der Waals surface area contributed by atoms with E-state index in [0.29, 0.717) is 85.9 Å². The van der Waals surface area contributed by atoms with Crippen LogP contribution in [-0.2, 0) is 35.4 Å². The van der Waals surface area contributed by atoms with Gasteiger partial charge in [0.2, 0.25) is 17.7 Å². The number of hydrogen-bond donors (Lipinski definition) is 3. The number of nitrogens with one attached hydrogen (secondary N) is 2. The lowest BCUT2D eigenvalue weighted by Crippen LogP contribution is -2.37. The molecule has 3 aromatic carbocycles. The van der Waals surface area contributed by atoms with Gasteiger partial charge in [-0.3, -0.25) is 44.0 Å². The zero-order valence-electron chi connectivity index (χ0n) is 52.7. The Labute approximate surface area is 528 Å². The molecule has 3 N–H and O–H groups in total. The molecule has 23 nitrogen and oxygen atoms in total. The van der Waals surface area contributed by atoms with Crippen LogP contribution in [0.5, 0.6) is 0 Å². The van der Waals surface area contributed by atoms with Gasteiger partial charge in [0.05, 0.1) is 83.2 Å². The van der Waals surface area contributed by atoms with E-state index >= 15 is 0 Å². The molecule has 23 heteroatoms. The zero-order valence-corrected chi connectivity index (χ0v) is 52.7. The number of amides is 3. The van der Waals surface area contributed by atoms with Gasteiger partial charge in [0, 0.05) is 86.7 Å². The van der Waals surface area contributed by atoms with Gasteiger partial charge in [0.15, 0.2) is 17.5 Å². The highest BCUT2D eigenvalue weighted by molar-refractivity contribution is 6.14. The van der Waals surface area contributed by atoms with Gasteiger partial charge in [-0.05, 0) is 140 Å². The van der Waals surface area contributed by atoms with E-state index in [0.717, 1.165) is 91.6 Å². The normalized spacial score (nSPS) is 16.8. The molecule has 0 atom stereocenters. The molecule has 464 valence electrons. The predicted molar refractivity (Wildman–Crippen MR) is 348 cm³/mol. The molecule has 10 heterocycles. The smallest absolute Gasteiger partial charge is 0.242 e. The number of aliphatic hydroxyl groups is 1. The average molecular weight is 1220 g/mol. The van der Waals surface area contributed by atoms with Crippen LogP contribution in [0.4, 0.5) is 52.0 Å². The first kappa shape index (κ1) is 61.1. The fraction of sp³-hybridized carbons (Fsp3) is 0.338. The molecule has 91 heavy (non-hydrogen) atoms. The summed E-state index contributed by atoms with van der Waals surface area (Å²) < 4.78 is 5.06. The molecule has 0 spiro atoms. The van der Waals surface area contributed by atoms with Gasteiger partial charge in [-0.15, -0.1) is 0 Å². The van der Waals surface area contributed by atoms with E-state index in [1.165, 1.54) is 0 Å². The Morgan fingerprint density at radius 2 is 0.835 bits per heavy atom. The highest BCUT2D eigenvalue weighted by Crippen LogP contribution is 2.49. The number of hydrogen-bond acceptors (Lipinski definition) is 20. The summed E-state index contributed by atoms with van der Waals surface area (Å²) in [7, 11) is 1.64. The zero-order chi connectivity index (χ0) is 63.9. The number of carbonyl (C=O) groups excluding carboxylic acids is 3. The van der Waals surface area contributed by atoms with E-state index in [2.05, 4.69) is 70.4 Å². The number of piperidine rings is 1. The fourth-order valence-corrected chi connectivity index (χ4v) is 11.6. The largest absolute Gasteiger partial charge is 0.393 e. The third-order valence-corrected chi connectivity index (χ3v) is 17.2. The Hall–Kier alpha value is -10.1. The molecule has 5 aliphatic rings. The second-order valence-corrected chi connectivity index (χ2v) is 24.9. The van der Waals surface area contributed by atoms with Crippen molar-refractivity contribution in [3.05, 3.63) is 163 Å². The van der Waals surface area contributed by atoms with Gasteiger partial charge in [0.25, 0.3) is 0 Å². The van der Waals surface area contributed by atoms with E-state index in [-0.39, 0.29) is 23.8 Å². The van der Waals surface area contributed by atoms with E-state index < -0.39 is 16.2 Å². The van der Waals surface area contributed by atoms with Crippen LogP contribution in [0.2, 0.25) is 0 Å². The van der Waals surface area contributed by atoms with Crippen LogP contribution < -0.4 is 30.2 Å². The summed E-state index contributed by atoms with van der Waals surface area (Å²) in [5.41, 5.74) is 8.84. The minimum Gasteiger partial charge on any atom is -0.393 e. The quantitative estimate of drug-likeness (QED) is 0.0905. The van der Waals surface area contributed by atoms with Crippen molar-refractivity contribution in [3.63, 3.8) is 0 Å². The highest BCUT2D eigenvalue weighted by Gasteiger charge is 2.48. The van der Waals surface area contributed by atoms with Gasteiger partial charge in [-0.2, -0.15) is 0 Å². The summed E-state index contributed by atoms with van der Waals surface area (Å²) in [4.78, 5) is 100. The van der Waals surface area contributed by atoms with E-state index in [1.807, 2.05) is 117 Å². The molecule has 6 aromatic heterocycles. The average Bonchev–Trinajstić information content (AvgIpc) is 1.62. The molecule has 9 aromatic rings. The molecule has 1 aliphatic carbocycles. The Kier molecular flexibility index (Phi) is 16.6. The Morgan fingerprint density at radius 3 is 1.23 bits per heavy atom. The number of carbonyl (C=O) groups is 3. The van der Waals surface area contributed by atoms with Crippen LogP contribution in [0.1, 0.15) is 101 Å². The first-order valence-corrected chi connectivity index (χ1v) is 30.4. The molecule has 0 unspecified atom stereocenters. The maximum atomic E-state index is 13.5. The van der Waals surface area contributed by atoms with Gasteiger partial charge in [-0.25, -0.2) is 44.9 Å². The maximum Gasteiger partial charge on any atom is 0.242 e. The lowest BCUT2D eigenvalue weighted by Gasteiger charge is -2.30. The van der Waals surface area contributed by atoms with Crippen molar-refractivity contribution in [1.82, 2.24) is 59.8 Å². The van der Waals surface area contributed by atoms with Crippen LogP contribution in [-0.4, -0.2) is 128 Å². The van der Waals surface area contributed by atoms with E-state index in [4.69, 9.17) is 9.72 Å². The van der Waals surface area contributed by atoms with Gasteiger partial charge < -0.3 is 25.4 Å². The lowest BCUT2D eigenvalue weighted by molar-refractivity contribution is -0.122. The first-order chi connectivity index (χ1) is 43.7. The monoisotopic (exact) mass is 1220 g/mol. The van der Waals surface area contributed by atoms with E-state index in [1.54, 1.807) is 96.2 Å². The molecular formula is C68H72N18O5. The molecule has 0 bridgehead atoms. The molecule has 14 rings (SSSR count).